The van der Waals surface area contributed by atoms with Gasteiger partial charge in [0.25, 0.3) is 0 Å². The second kappa shape index (κ2) is 5.14. The van der Waals surface area contributed by atoms with Crippen LogP contribution in [-0.2, 0) is 9.36 Å². The quantitative estimate of drug-likeness (QED) is 0.493. The molecule has 0 aromatic heterocycles. The molecule has 0 aromatic rings. The van der Waals surface area contributed by atoms with Crippen molar-refractivity contribution in [1.29, 1.82) is 0 Å². The zero-order valence-electron chi connectivity index (χ0n) is 6.37. The molecule has 0 aromatic carbocycles. The Balaban J connectivity index is 4.18. The summed E-state index contributed by atoms with van der Waals surface area (Å²) in [6.45, 7) is 3.52. The van der Waals surface area contributed by atoms with E-state index in [1.165, 1.54) is 0 Å². The van der Waals surface area contributed by atoms with E-state index in [-0.39, 0.29) is 13.8 Å². The van der Waals surface area contributed by atoms with E-state index in [0.717, 1.165) is 0 Å². The van der Waals surface area contributed by atoms with Gasteiger partial charge in [-0.05, 0) is 0 Å². The first-order valence-electron chi connectivity index (χ1n) is 3.15. The fraction of sp³-hybridized carbons (Fsp3) is 0.667. The second-order valence-corrected chi connectivity index (χ2v) is 2.81. The standard InChI is InChI=1S/C6H10NO3P/c1-4(2)5(6(8)9)7-3-11-10/h4-5,7H,1-2H3,(H,8,9). The van der Waals surface area contributed by atoms with Crippen LogP contribution in [0.25, 0.3) is 0 Å². The number of hydrogen-bond donors (Lipinski definition) is 2. The summed E-state index contributed by atoms with van der Waals surface area (Å²) in [5.74, 6) is 1.18. The van der Waals surface area contributed by atoms with E-state index in [1.807, 2.05) is 0 Å². The molecule has 0 rings (SSSR count). The fourth-order valence-corrected chi connectivity index (χ4v) is 0.801. The Morgan fingerprint density at radius 1 is 1.64 bits per heavy atom. The summed E-state index contributed by atoms with van der Waals surface area (Å²) in [4.78, 5) is 10.4. The third-order valence-electron chi connectivity index (χ3n) is 1.20. The van der Waals surface area contributed by atoms with Crippen LogP contribution in [0.5, 0.6) is 0 Å². The number of nitrogens with one attached hydrogen (secondary N) is 1. The van der Waals surface area contributed by atoms with Gasteiger partial charge in [0.05, 0.1) is 0 Å². The molecule has 4 nitrogen and oxygen atoms in total. The molecule has 0 saturated carbocycles. The van der Waals surface area contributed by atoms with Crippen LogP contribution in [-0.4, -0.2) is 17.1 Å². The number of carboxylic acids is 1. The van der Waals surface area contributed by atoms with Crippen LogP contribution < -0.4 is 5.32 Å². The van der Waals surface area contributed by atoms with Crippen molar-refractivity contribution in [3.63, 3.8) is 0 Å². The van der Waals surface area contributed by atoms with Crippen molar-refractivity contribution in [3.05, 3.63) is 0 Å². The molecular weight excluding hydrogens is 165 g/mol. The molecule has 1 unspecified atom stereocenters. The first-order valence-corrected chi connectivity index (χ1v) is 3.96. The molecule has 0 spiro atoms. The summed E-state index contributed by atoms with van der Waals surface area (Å²) < 4.78 is 9.89. The summed E-state index contributed by atoms with van der Waals surface area (Å²) in [6.07, 6.45) is 0. The number of aliphatic carboxylic acids is 1. The Hall–Kier alpha value is -0.560. The third-order valence-corrected chi connectivity index (χ3v) is 1.42. The van der Waals surface area contributed by atoms with E-state index in [1.54, 1.807) is 13.8 Å². The van der Waals surface area contributed by atoms with Gasteiger partial charge in [0, 0.05) is 0 Å². The SMILES string of the molecule is CC(C)C(NC#P=O)C(=O)O. The van der Waals surface area contributed by atoms with Gasteiger partial charge in [0.1, 0.15) is 0 Å². The van der Waals surface area contributed by atoms with Gasteiger partial charge < -0.3 is 0 Å². The molecular formula is C6H10NO3P. The van der Waals surface area contributed by atoms with Gasteiger partial charge in [0.15, 0.2) is 0 Å². The summed E-state index contributed by atoms with van der Waals surface area (Å²) in [6, 6.07) is -0.712. The van der Waals surface area contributed by atoms with Crippen LogP contribution in [0.3, 0.4) is 0 Å². The molecule has 0 aliphatic heterocycles. The molecule has 0 amide bonds. The average molecular weight is 175 g/mol. The van der Waals surface area contributed by atoms with Crippen LogP contribution in [0.1, 0.15) is 13.8 Å². The number of hydrogen-bond acceptors (Lipinski definition) is 3. The summed E-state index contributed by atoms with van der Waals surface area (Å²) in [5.41, 5.74) is 0. The molecule has 0 radical (unpaired) electrons. The fourth-order valence-electron chi connectivity index (χ4n) is 0.609. The van der Waals surface area contributed by atoms with Gasteiger partial charge in [-0.3, -0.25) is 0 Å². The van der Waals surface area contributed by atoms with Gasteiger partial charge in [-0.2, -0.15) is 0 Å². The predicted molar refractivity (Wildman–Crippen MR) is 40.9 cm³/mol. The summed E-state index contributed by atoms with van der Waals surface area (Å²) >= 11 is 0. The molecule has 62 valence electrons. The van der Waals surface area contributed by atoms with Crippen LogP contribution >= 0.6 is 7.92 Å². The maximum atomic E-state index is 10.4. The van der Waals surface area contributed by atoms with Crippen molar-refractivity contribution >= 4 is 13.9 Å². The van der Waals surface area contributed by atoms with Gasteiger partial charge in [-0.25, -0.2) is 0 Å². The molecule has 5 heteroatoms. The van der Waals surface area contributed by atoms with Gasteiger partial charge in [-0.1, -0.05) is 0 Å². The van der Waals surface area contributed by atoms with E-state index in [9.17, 15) is 9.36 Å². The Labute approximate surface area is 66.1 Å². The van der Waals surface area contributed by atoms with E-state index in [0.29, 0.717) is 0 Å². The number of carbonyl (C=O) groups is 1. The van der Waals surface area contributed by atoms with Gasteiger partial charge in [-0.15, -0.1) is 0 Å². The van der Waals surface area contributed by atoms with Crippen molar-refractivity contribution < 1.29 is 14.5 Å². The molecule has 0 aliphatic carbocycles. The molecule has 0 fully saturated rings. The molecule has 11 heavy (non-hydrogen) atoms. The molecule has 0 aliphatic rings. The van der Waals surface area contributed by atoms with Crippen LogP contribution in [0.2, 0.25) is 0 Å². The van der Waals surface area contributed by atoms with Crippen molar-refractivity contribution in [3.8, 4) is 5.75 Å². The Bertz CT molecular complexity index is 231. The maximum absolute atomic E-state index is 10.4. The average Bonchev–Trinajstić information content (AvgIpc) is 1.87. The second-order valence-electron chi connectivity index (χ2n) is 2.41. The van der Waals surface area contributed by atoms with Gasteiger partial charge >= 0.3 is 65.2 Å². The summed E-state index contributed by atoms with van der Waals surface area (Å²) in [5, 5.41) is 11.0. The third kappa shape index (κ3) is 3.99. The van der Waals surface area contributed by atoms with Gasteiger partial charge in [0.2, 0.25) is 0 Å². The summed E-state index contributed by atoms with van der Waals surface area (Å²) in [7, 11) is -0.324. The van der Waals surface area contributed by atoms with Crippen molar-refractivity contribution in [2.45, 2.75) is 19.9 Å². The minimum absolute atomic E-state index is 0.0539. The number of carboxylic acid groups (broad SMARTS) is 1. The van der Waals surface area contributed by atoms with E-state index >= 15 is 0 Å². The molecule has 0 saturated heterocycles. The zero-order chi connectivity index (χ0) is 8.85. The first kappa shape index (κ1) is 10.4. The van der Waals surface area contributed by atoms with E-state index < -0.39 is 12.0 Å². The normalized spacial score (nSPS) is 12.3. The first-order chi connectivity index (χ1) is 5.09. The molecule has 0 heterocycles. The Kier molecular flexibility index (Phi) is 4.88. The van der Waals surface area contributed by atoms with Crippen LogP contribution in [0.15, 0.2) is 0 Å². The molecule has 2 N–H and O–H groups in total. The van der Waals surface area contributed by atoms with E-state index in [2.05, 4.69) is 11.1 Å². The Morgan fingerprint density at radius 2 is 2.18 bits per heavy atom. The number of rotatable bonds is 3. The Morgan fingerprint density at radius 3 is 2.45 bits per heavy atom. The molecule has 0 bridgehead atoms. The monoisotopic (exact) mass is 175 g/mol. The van der Waals surface area contributed by atoms with Crippen LogP contribution in [0, 0.1) is 11.7 Å². The topological polar surface area (TPSA) is 66.4 Å². The van der Waals surface area contributed by atoms with Crippen molar-refractivity contribution in [2.75, 3.05) is 0 Å². The van der Waals surface area contributed by atoms with Crippen LogP contribution in [0.4, 0.5) is 0 Å². The zero-order valence-corrected chi connectivity index (χ0v) is 7.26. The van der Waals surface area contributed by atoms with E-state index in [4.69, 9.17) is 5.11 Å². The minimum atomic E-state index is -0.962. The predicted octanol–water partition coefficient (Wildman–Crippen LogP) is 0.894. The van der Waals surface area contributed by atoms with Crippen molar-refractivity contribution in [2.24, 2.45) is 5.92 Å². The molecule has 1 atom stereocenters. The van der Waals surface area contributed by atoms with Crippen molar-refractivity contribution in [1.82, 2.24) is 5.32 Å².